The zero-order valence-corrected chi connectivity index (χ0v) is 10.8. The molecule has 1 aromatic carbocycles. The van der Waals surface area contributed by atoms with Crippen LogP contribution in [0.3, 0.4) is 0 Å². The molecule has 5 heteroatoms. The second-order valence-electron chi connectivity index (χ2n) is 4.62. The second-order valence-corrected chi connectivity index (χ2v) is 4.62. The minimum atomic E-state index is -0.367. The molecule has 3 rings (SSSR count). The summed E-state index contributed by atoms with van der Waals surface area (Å²) in [6.07, 6.45) is 3.61. The summed E-state index contributed by atoms with van der Waals surface area (Å²) in [5.74, 6) is 0.416. The van der Waals surface area contributed by atoms with Crippen LogP contribution in [0.5, 0.6) is 5.75 Å². The third-order valence-electron chi connectivity index (χ3n) is 3.33. The maximum absolute atomic E-state index is 12.2. The predicted octanol–water partition coefficient (Wildman–Crippen LogP) is 1.63. The van der Waals surface area contributed by atoms with E-state index in [0.717, 1.165) is 11.3 Å². The SMILES string of the molecule is O=C(NC1CCOc2ccccc21)c1c[nH]ccc1=O. The van der Waals surface area contributed by atoms with E-state index >= 15 is 0 Å². The molecule has 20 heavy (non-hydrogen) atoms. The van der Waals surface area contributed by atoms with Gasteiger partial charge in [-0.3, -0.25) is 9.59 Å². The summed E-state index contributed by atoms with van der Waals surface area (Å²) in [5, 5.41) is 2.89. The van der Waals surface area contributed by atoms with E-state index < -0.39 is 0 Å². The van der Waals surface area contributed by atoms with Crippen LogP contribution in [0, 0.1) is 0 Å². The van der Waals surface area contributed by atoms with Crippen molar-refractivity contribution < 1.29 is 9.53 Å². The first-order valence-corrected chi connectivity index (χ1v) is 6.45. The zero-order valence-electron chi connectivity index (χ0n) is 10.8. The largest absolute Gasteiger partial charge is 0.493 e. The molecule has 1 unspecified atom stereocenters. The fourth-order valence-corrected chi connectivity index (χ4v) is 2.32. The zero-order chi connectivity index (χ0) is 13.9. The number of carbonyl (C=O) groups excluding carboxylic acids is 1. The number of benzene rings is 1. The van der Waals surface area contributed by atoms with Crippen molar-refractivity contribution in [1.82, 2.24) is 10.3 Å². The molecule has 0 saturated heterocycles. The van der Waals surface area contributed by atoms with Crippen LogP contribution < -0.4 is 15.5 Å². The van der Waals surface area contributed by atoms with Gasteiger partial charge in [-0.05, 0) is 6.07 Å². The van der Waals surface area contributed by atoms with E-state index in [1.807, 2.05) is 24.3 Å². The van der Waals surface area contributed by atoms with Gasteiger partial charge >= 0.3 is 0 Å². The van der Waals surface area contributed by atoms with E-state index in [1.165, 1.54) is 18.5 Å². The highest BCUT2D eigenvalue weighted by molar-refractivity contribution is 5.94. The van der Waals surface area contributed by atoms with E-state index in [9.17, 15) is 9.59 Å². The summed E-state index contributed by atoms with van der Waals surface area (Å²) >= 11 is 0. The topological polar surface area (TPSA) is 71.2 Å². The molecular weight excluding hydrogens is 256 g/mol. The Morgan fingerprint density at radius 1 is 1.30 bits per heavy atom. The van der Waals surface area contributed by atoms with E-state index in [4.69, 9.17) is 4.74 Å². The van der Waals surface area contributed by atoms with E-state index in [1.54, 1.807) is 0 Å². The van der Waals surface area contributed by atoms with Gasteiger partial charge in [-0.25, -0.2) is 0 Å². The molecule has 1 aliphatic heterocycles. The van der Waals surface area contributed by atoms with Gasteiger partial charge in [0.05, 0.1) is 12.6 Å². The van der Waals surface area contributed by atoms with Crippen molar-refractivity contribution in [2.24, 2.45) is 0 Å². The van der Waals surface area contributed by atoms with Gasteiger partial charge in [0.25, 0.3) is 5.91 Å². The molecule has 1 atom stereocenters. The first-order valence-electron chi connectivity index (χ1n) is 6.45. The summed E-state index contributed by atoms with van der Waals surface area (Å²) in [6.45, 7) is 0.549. The molecule has 1 amide bonds. The van der Waals surface area contributed by atoms with Crippen molar-refractivity contribution in [3.8, 4) is 5.75 Å². The average molecular weight is 270 g/mol. The summed E-state index contributed by atoms with van der Waals surface area (Å²) in [4.78, 5) is 26.6. The number of rotatable bonds is 2. The molecule has 102 valence electrons. The van der Waals surface area contributed by atoms with Gasteiger partial charge in [0.1, 0.15) is 11.3 Å². The number of nitrogens with one attached hydrogen (secondary N) is 2. The second kappa shape index (κ2) is 5.21. The summed E-state index contributed by atoms with van der Waals surface area (Å²) < 4.78 is 5.55. The maximum Gasteiger partial charge on any atom is 0.257 e. The normalized spacial score (nSPS) is 16.9. The Morgan fingerprint density at radius 2 is 2.15 bits per heavy atom. The molecular formula is C15H14N2O3. The van der Waals surface area contributed by atoms with Crippen LogP contribution in [0.25, 0.3) is 0 Å². The van der Waals surface area contributed by atoms with Crippen LogP contribution in [-0.4, -0.2) is 17.5 Å². The minimum Gasteiger partial charge on any atom is -0.493 e. The number of fused-ring (bicyclic) bond motifs is 1. The lowest BCUT2D eigenvalue weighted by molar-refractivity contribution is 0.0923. The Balaban J connectivity index is 1.85. The number of carbonyl (C=O) groups is 1. The smallest absolute Gasteiger partial charge is 0.257 e. The van der Waals surface area contributed by atoms with Crippen LogP contribution >= 0.6 is 0 Å². The highest BCUT2D eigenvalue weighted by atomic mass is 16.5. The van der Waals surface area contributed by atoms with Crippen molar-refractivity contribution in [3.05, 3.63) is 64.1 Å². The number of ether oxygens (including phenoxy) is 1. The molecule has 1 aliphatic rings. The number of aromatic amines is 1. The van der Waals surface area contributed by atoms with Crippen LogP contribution in [0.15, 0.2) is 47.5 Å². The molecule has 0 aliphatic carbocycles. The van der Waals surface area contributed by atoms with Crippen LogP contribution in [0.2, 0.25) is 0 Å². The molecule has 5 nitrogen and oxygen atoms in total. The Morgan fingerprint density at radius 3 is 3.00 bits per heavy atom. The minimum absolute atomic E-state index is 0.122. The molecule has 0 bridgehead atoms. The first kappa shape index (κ1) is 12.5. The molecule has 0 fully saturated rings. The van der Waals surface area contributed by atoms with Gasteiger partial charge in [0.15, 0.2) is 5.43 Å². The number of pyridine rings is 1. The number of amides is 1. The Hall–Kier alpha value is -2.56. The lowest BCUT2D eigenvalue weighted by Gasteiger charge is -2.26. The molecule has 2 aromatic rings. The van der Waals surface area contributed by atoms with Crippen molar-refractivity contribution in [1.29, 1.82) is 0 Å². The fraction of sp³-hybridized carbons (Fsp3) is 0.200. The maximum atomic E-state index is 12.2. The number of H-pyrrole nitrogens is 1. The third-order valence-corrected chi connectivity index (χ3v) is 3.33. The Bertz CT molecular complexity index is 693. The van der Waals surface area contributed by atoms with E-state index in [2.05, 4.69) is 10.3 Å². The number of para-hydroxylation sites is 1. The van der Waals surface area contributed by atoms with Gasteiger partial charge in [0.2, 0.25) is 0 Å². The highest BCUT2D eigenvalue weighted by Crippen LogP contribution is 2.31. The Kier molecular flexibility index (Phi) is 3.25. The monoisotopic (exact) mass is 270 g/mol. The van der Waals surface area contributed by atoms with Crippen molar-refractivity contribution in [3.63, 3.8) is 0 Å². The molecule has 0 spiro atoms. The van der Waals surface area contributed by atoms with Crippen molar-refractivity contribution >= 4 is 5.91 Å². The molecule has 2 N–H and O–H groups in total. The molecule has 1 aromatic heterocycles. The summed E-state index contributed by atoms with van der Waals surface area (Å²) in [7, 11) is 0. The lowest BCUT2D eigenvalue weighted by atomic mass is 10.0. The van der Waals surface area contributed by atoms with E-state index in [-0.39, 0.29) is 22.9 Å². The van der Waals surface area contributed by atoms with Crippen molar-refractivity contribution in [2.45, 2.75) is 12.5 Å². The Labute approximate surface area is 115 Å². The van der Waals surface area contributed by atoms with Gasteiger partial charge < -0.3 is 15.0 Å². The number of aromatic nitrogens is 1. The van der Waals surface area contributed by atoms with Crippen LogP contribution in [0.4, 0.5) is 0 Å². The van der Waals surface area contributed by atoms with Crippen molar-refractivity contribution in [2.75, 3.05) is 6.61 Å². The van der Waals surface area contributed by atoms with Crippen LogP contribution in [0.1, 0.15) is 28.4 Å². The van der Waals surface area contributed by atoms with Gasteiger partial charge in [-0.2, -0.15) is 0 Å². The lowest BCUT2D eigenvalue weighted by Crippen LogP contribution is -2.34. The summed E-state index contributed by atoms with van der Waals surface area (Å²) in [6, 6.07) is 8.81. The molecule has 0 saturated carbocycles. The summed E-state index contributed by atoms with van der Waals surface area (Å²) in [5.41, 5.74) is 0.775. The van der Waals surface area contributed by atoms with E-state index in [0.29, 0.717) is 13.0 Å². The number of hydrogen-bond donors (Lipinski definition) is 2. The quantitative estimate of drug-likeness (QED) is 0.871. The fourth-order valence-electron chi connectivity index (χ4n) is 2.32. The van der Waals surface area contributed by atoms with Gasteiger partial charge in [-0.15, -0.1) is 0 Å². The third kappa shape index (κ3) is 2.30. The van der Waals surface area contributed by atoms with Crippen LogP contribution in [-0.2, 0) is 0 Å². The predicted molar refractivity (Wildman–Crippen MR) is 73.8 cm³/mol. The standard InChI is InChI=1S/C15H14N2O3/c18-13-5-7-16-9-11(13)15(19)17-12-6-8-20-14-4-2-1-3-10(12)14/h1-5,7,9,12H,6,8H2,(H,16,18)(H,17,19). The van der Waals surface area contributed by atoms with Gasteiger partial charge in [0, 0.05) is 30.4 Å². The average Bonchev–Trinajstić information content (AvgIpc) is 2.48. The van der Waals surface area contributed by atoms with Gasteiger partial charge in [-0.1, -0.05) is 18.2 Å². The molecule has 0 radical (unpaired) electrons. The highest BCUT2D eigenvalue weighted by Gasteiger charge is 2.23. The molecule has 2 heterocycles. The first-order chi connectivity index (χ1) is 9.75. The number of hydrogen-bond acceptors (Lipinski definition) is 3.